The van der Waals surface area contributed by atoms with Crippen LogP contribution in [-0.4, -0.2) is 36.1 Å². The molecule has 0 saturated heterocycles. The first-order valence-corrected chi connectivity index (χ1v) is 9.38. The van der Waals surface area contributed by atoms with Gasteiger partial charge in [0.2, 0.25) is 0 Å². The molecule has 1 heterocycles. The van der Waals surface area contributed by atoms with Gasteiger partial charge < -0.3 is 19.6 Å². The molecule has 2 aromatic rings. The van der Waals surface area contributed by atoms with Crippen molar-refractivity contribution in [3.05, 3.63) is 51.5 Å². The number of methoxy groups -OCH3 is 2. The number of carbonyl (C=O) groups excluding carboxylic acids is 2. The van der Waals surface area contributed by atoms with Gasteiger partial charge in [0.25, 0.3) is 5.56 Å². The number of pyridine rings is 1. The molecule has 0 aliphatic heterocycles. The Morgan fingerprint density at radius 3 is 2.55 bits per heavy atom. The molecule has 0 saturated carbocycles. The number of aliphatic hydroxyl groups is 1. The van der Waals surface area contributed by atoms with Gasteiger partial charge in [-0.2, -0.15) is 0 Å². The Bertz CT molecular complexity index is 1060. The summed E-state index contributed by atoms with van der Waals surface area (Å²) in [5, 5.41) is 11.3. The van der Waals surface area contributed by atoms with Crippen LogP contribution in [0.3, 0.4) is 0 Å². The molecule has 154 valence electrons. The van der Waals surface area contributed by atoms with Crippen molar-refractivity contribution in [1.29, 1.82) is 0 Å². The number of esters is 1. The van der Waals surface area contributed by atoms with E-state index in [0.717, 1.165) is 0 Å². The van der Waals surface area contributed by atoms with Gasteiger partial charge in [0.1, 0.15) is 11.5 Å². The lowest BCUT2D eigenvalue weighted by Crippen LogP contribution is -2.31. The molecule has 1 aliphatic rings. The van der Waals surface area contributed by atoms with Crippen LogP contribution in [0.2, 0.25) is 0 Å². The number of fused-ring (bicyclic) bond motifs is 1. The molecule has 7 nitrogen and oxygen atoms in total. The van der Waals surface area contributed by atoms with E-state index in [4.69, 9.17) is 9.47 Å². The standard InChI is InChI=1S/C22H25NO6/c1-22(2)10-17(24)20(18(25)11-22)14(9-19(26)29-4)15-8-12-7-13(28-3)5-6-16(12)23-21(15)27/h5-8,14,24H,9-11H2,1-4H3,(H,23,27)/t14-/m1/s1. The number of carbonyl (C=O) groups is 2. The van der Waals surface area contributed by atoms with Gasteiger partial charge in [-0.05, 0) is 29.7 Å². The van der Waals surface area contributed by atoms with E-state index in [-0.39, 0.29) is 40.9 Å². The number of benzene rings is 1. The number of Topliss-reactive ketones (excluding diaryl/α,β-unsaturated/α-hetero) is 1. The Morgan fingerprint density at radius 2 is 1.93 bits per heavy atom. The van der Waals surface area contributed by atoms with Crippen molar-refractivity contribution in [2.24, 2.45) is 5.41 Å². The van der Waals surface area contributed by atoms with Crippen LogP contribution >= 0.6 is 0 Å². The van der Waals surface area contributed by atoms with Crippen LogP contribution in [0.25, 0.3) is 10.9 Å². The summed E-state index contributed by atoms with van der Waals surface area (Å²) in [6.45, 7) is 3.78. The summed E-state index contributed by atoms with van der Waals surface area (Å²) in [6, 6.07) is 6.84. The topological polar surface area (TPSA) is 106 Å². The second-order valence-corrected chi connectivity index (χ2v) is 8.14. The van der Waals surface area contributed by atoms with Gasteiger partial charge in [-0.3, -0.25) is 14.4 Å². The number of hydrogen-bond donors (Lipinski definition) is 2. The largest absolute Gasteiger partial charge is 0.512 e. The monoisotopic (exact) mass is 399 g/mol. The zero-order valence-electron chi connectivity index (χ0n) is 17.0. The molecule has 1 atom stereocenters. The summed E-state index contributed by atoms with van der Waals surface area (Å²) in [4.78, 5) is 40.6. The Morgan fingerprint density at radius 1 is 1.21 bits per heavy atom. The van der Waals surface area contributed by atoms with E-state index in [1.165, 1.54) is 7.11 Å². The van der Waals surface area contributed by atoms with Crippen molar-refractivity contribution >= 4 is 22.7 Å². The number of hydrogen-bond acceptors (Lipinski definition) is 6. The van der Waals surface area contributed by atoms with Crippen LogP contribution in [0, 0.1) is 5.41 Å². The summed E-state index contributed by atoms with van der Waals surface area (Å²) in [6.07, 6.45) is 0.301. The van der Waals surface area contributed by atoms with Crippen molar-refractivity contribution in [2.45, 2.75) is 39.0 Å². The predicted molar refractivity (Wildman–Crippen MR) is 108 cm³/mol. The van der Waals surface area contributed by atoms with Crippen LogP contribution in [0.1, 0.15) is 44.6 Å². The molecular weight excluding hydrogens is 374 g/mol. The smallest absolute Gasteiger partial charge is 0.306 e. The van der Waals surface area contributed by atoms with Gasteiger partial charge in [-0.25, -0.2) is 0 Å². The zero-order valence-corrected chi connectivity index (χ0v) is 17.0. The first-order chi connectivity index (χ1) is 13.6. The first kappa shape index (κ1) is 20.6. The van der Waals surface area contributed by atoms with Crippen LogP contribution in [0.5, 0.6) is 5.75 Å². The van der Waals surface area contributed by atoms with E-state index in [9.17, 15) is 19.5 Å². The van der Waals surface area contributed by atoms with Gasteiger partial charge in [-0.15, -0.1) is 0 Å². The highest BCUT2D eigenvalue weighted by molar-refractivity contribution is 5.99. The fourth-order valence-electron chi connectivity index (χ4n) is 3.90. The van der Waals surface area contributed by atoms with Crippen molar-refractivity contribution in [3.63, 3.8) is 0 Å². The quantitative estimate of drug-likeness (QED) is 0.747. The molecule has 1 aromatic carbocycles. The molecular formula is C22H25NO6. The molecule has 2 N–H and O–H groups in total. The van der Waals surface area contributed by atoms with Gasteiger partial charge >= 0.3 is 5.97 Å². The lowest BCUT2D eigenvalue weighted by molar-refractivity contribution is -0.140. The average Bonchev–Trinajstić information content (AvgIpc) is 2.64. The molecule has 29 heavy (non-hydrogen) atoms. The number of ether oxygens (including phenoxy) is 2. The minimum absolute atomic E-state index is 0.0784. The molecule has 0 radical (unpaired) electrons. The highest BCUT2D eigenvalue weighted by Gasteiger charge is 2.38. The van der Waals surface area contributed by atoms with E-state index in [1.807, 2.05) is 13.8 Å². The third-order valence-electron chi connectivity index (χ3n) is 5.30. The molecule has 3 rings (SSSR count). The minimum atomic E-state index is -0.898. The SMILES string of the molecule is COC(=O)C[C@@H](C1=C(O)CC(C)(C)CC1=O)c1cc2cc(OC)ccc2[nH]c1=O. The van der Waals surface area contributed by atoms with E-state index in [0.29, 0.717) is 23.1 Å². The van der Waals surface area contributed by atoms with E-state index in [2.05, 4.69) is 4.98 Å². The maximum Gasteiger partial charge on any atom is 0.306 e. The summed E-state index contributed by atoms with van der Waals surface area (Å²) in [7, 11) is 2.79. The first-order valence-electron chi connectivity index (χ1n) is 9.38. The number of aliphatic hydroxyl groups excluding tert-OH is 1. The fraction of sp³-hybridized carbons (Fsp3) is 0.409. The zero-order chi connectivity index (χ0) is 21.3. The Labute approximate surface area is 168 Å². The third-order valence-corrected chi connectivity index (χ3v) is 5.30. The van der Waals surface area contributed by atoms with Crippen LogP contribution in [-0.2, 0) is 14.3 Å². The average molecular weight is 399 g/mol. The number of aromatic amines is 1. The van der Waals surface area contributed by atoms with E-state index < -0.39 is 17.4 Å². The molecule has 1 aromatic heterocycles. The molecule has 0 bridgehead atoms. The lowest BCUT2D eigenvalue weighted by Gasteiger charge is -2.32. The molecule has 0 unspecified atom stereocenters. The number of rotatable bonds is 5. The molecule has 0 fully saturated rings. The normalized spacial score (nSPS) is 17.3. The highest BCUT2D eigenvalue weighted by Crippen LogP contribution is 2.41. The van der Waals surface area contributed by atoms with Gasteiger partial charge in [0.15, 0.2) is 5.78 Å². The number of allylic oxidation sites excluding steroid dienone is 2. The van der Waals surface area contributed by atoms with Crippen molar-refractivity contribution in [1.82, 2.24) is 4.98 Å². The molecule has 7 heteroatoms. The van der Waals surface area contributed by atoms with Crippen molar-refractivity contribution in [2.75, 3.05) is 14.2 Å². The molecule has 0 spiro atoms. The van der Waals surface area contributed by atoms with Crippen LogP contribution < -0.4 is 10.3 Å². The van der Waals surface area contributed by atoms with Crippen LogP contribution in [0.15, 0.2) is 40.4 Å². The Hall–Kier alpha value is -3.09. The second-order valence-electron chi connectivity index (χ2n) is 8.14. The fourth-order valence-corrected chi connectivity index (χ4v) is 3.90. The predicted octanol–water partition coefficient (Wildman–Crippen LogP) is 3.38. The van der Waals surface area contributed by atoms with Crippen molar-refractivity contribution in [3.8, 4) is 5.75 Å². The summed E-state index contributed by atoms with van der Waals surface area (Å²) in [5.41, 5.74) is 0.136. The molecule has 1 aliphatic carbocycles. The summed E-state index contributed by atoms with van der Waals surface area (Å²) < 4.78 is 10.0. The number of aromatic nitrogens is 1. The second kappa shape index (κ2) is 7.73. The third kappa shape index (κ3) is 4.18. The van der Waals surface area contributed by atoms with Gasteiger partial charge in [-0.1, -0.05) is 13.8 Å². The Kier molecular flexibility index (Phi) is 5.50. The number of nitrogens with one attached hydrogen (secondary N) is 1. The van der Waals surface area contributed by atoms with Gasteiger partial charge in [0, 0.05) is 40.8 Å². The van der Waals surface area contributed by atoms with Crippen molar-refractivity contribution < 1.29 is 24.2 Å². The summed E-state index contributed by atoms with van der Waals surface area (Å²) in [5.74, 6) is -1.20. The van der Waals surface area contributed by atoms with Crippen LogP contribution in [0.4, 0.5) is 0 Å². The maximum atomic E-state index is 12.9. The van der Waals surface area contributed by atoms with E-state index in [1.54, 1.807) is 31.4 Å². The van der Waals surface area contributed by atoms with Gasteiger partial charge in [0.05, 0.1) is 20.6 Å². The van der Waals surface area contributed by atoms with E-state index >= 15 is 0 Å². The maximum absolute atomic E-state index is 12.9. The molecule has 0 amide bonds. The number of H-pyrrole nitrogens is 1. The summed E-state index contributed by atoms with van der Waals surface area (Å²) >= 11 is 0. The minimum Gasteiger partial charge on any atom is -0.512 e. The lowest BCUT2D eigenvalue weighted by atomic mass is 9.72. The number of ketones is 1. The highest BCUT2D eigenvalue weighted by atomic mass is 16.5. The Balaban J connectivity index is 2.20.